The highest BCUT2D eigenvalue weighted by atomic mass is 16.2. The fraction of sp³-hybridized carbons (Fsp3) is 0.105. The van der Waals surface area contributed by atoms with Crippen molar-refractivity contribution < 1.29 is 4.79 Å². The van der Waals surface area contributed by atoms with Gasteiger partial charge in [-0.2, -0.15) is 10.2 Å². The van der Waals surface area contributed by atoms with Gasteiger partial charge in [0, 0.05) is 18.3 Å². The molecule has 0 bridgehead atoms. The molecular formula is C19H15N3O. The summed E-state index contributed by atoms with van der Waals surface area (Å²) in [4.78, 5) is 14.3. The SMILES string of the molecule is CN1C(=O)C(c2ccc(-c3ccccc3)nn2)c2ccccc21. The molecule has 4 heteroatoms. The van der Waals surface area contributed by atoms with E-state index in [0.717, 1.165) is 22.5 Å². The number of likely N-dealkylation sites (N-methyl/N-ethyl adjacent to an activating group) is 1. The standard InChI is InChI=1S/C19H15N3O/c1-22-17-10-6-5-9-14(17)18(19(22)23)16-12-11-15(20-21-16)13-7-3-2-4-8-13/h2-12,18H,1H3. The highest BCUT2D eigenvalue weighted by Gasteiger charge is 2.37. The van der Waals surface area contributed by atoms with Crippen LogP contribution in [0.1, 0.15) is 17.2 Å². The number of benzene rings is 2. The third-order valence-electron chi connectivity index (χ3n) is 4.24. The molecule has 4 nitrogen and oxygen atoms in total. The van der Waals surface area contributed by atoms with Crippen molar-refractivity contribution >= 4 is 11.6 Å². The van der Waals surface area contributed by atoms with Gasteiger partial charge in [0.25, 0.3) is 0 Å². The van der Waals surface area contributed by atoms with E-state index in [1.54, 1.807) is 11.9 Å². The molecule has 0 aliphatic carbocycles. The van der Waals surface area contributed by atoms with Crippen molar-refractivity contribution in [1.29, 1.82) is 0 Å². The number of fused-ring (bicyclic) bond motifs is 1. The molecule has 112 valence electrons. The van der Waals surface area contributed by atoms with Crippen molar-refractivity contribution in [3.63, 3.8) is 0 Å². The number of carbonyl (C=O) groups is 1. The molecule has 1 aromatic heterocycles. The van der Waals surface area contributed by atoms with Crippen LogP contribution in [0.2, 0.25) is 0 Å². The van der Waals surface area contributed by atoms with E-state index in [9.17, 15) is 4.79 Å². The Morgan fingerprint density at radius 3 is 2.35 bits per heavy atom. The van der Waals surface area contributed by atoms with E-state index in [-0.39, 0.29) is 11.8 Å². The summed E-state index contributed by atoms with van der Waals surface area (Å²) in [6.45, 7) is 0. The van der Waals surface area contributed by atoms with Crippen LogP contribution in [-0.4, -0.2) is 23.2 Å². The van der Waals surface area contributed by atoms with E-state index in [2.05, 4.69) is 10.2 Å². The normalized spacial score (nSPS) is 16.5. The first-order chi connectivity index (χ1) is 11.3. The van der Waals surface area contributed by atoms with Crippen molar-refractivity contribution in [2.24, 2.45) is 0 Å². The third-order valence-corrected chi connectivity index (χ3v) is 4.24. The number of hydrogen-bond acceptors (Lipinski definition) is 3. The van der Waals surface area contributed by atoms with E-state index < -0.39 is 0 Å². The van der Waals surface area contributed by atoms with Crippen LogP contribution in [0.4, 0.5) is 5.69 Å². The predicted octanol–water partition coefficient (Wildman–Crippen LogP) is 3.25. The van der Waals surface area contributed by atoms with Crippen LogP contribution in [0.5, 0.6) is 0 Å². The van der Waals surface area contributed by atoms with E-state index in [1.165, 1.54) is 0 Å². The molecule has 0 spiro atoms. The maximum atomic E-state index is 12.6. The van der Waals surface area contributed by atoms with E-state index in [1.807, 2.05) is 66.7 Å². The lowest BCUT2D eigenvalue weighted by Crippen LogP contribution is -2.25. The van der Waals surface area contributed by atoms with Crippen molar-refractivity contribution in [1.82, 2.24) is 10.2 Å². The summed E-state index contributed by atoms with van der Waals surface area (Å²) in [7, 11) is 1.80. The highest BCUT2D eigenvalue weighted by Crippen LogP contribution is 2.39. The second-order valence-electron chi connectivity index (χ2n) is 5.60. The van der Waals surface area contributed by atoms with Crippen LogP contribution in [0.15, 0.2) is 66.7 Å². The summed E-state index contributed by atoms with van der Waals surface area (Å²) in [5.41, 5.74) is 4.44. The van der Waals surface area contributed by atoms with Crippen molar-refractivity contribution in [3.8, 4) is 11.3 Å². The second-order valence-corrected chi connectivity index (χ2v) is 5.60. The summed E-state index contributed by atoms with van der Waals surface area (Å²) < 4.78 is 0. The largest absolute Gasteiger partial charge is 0.314 e. The van der Waals surface area contributed by atoms with Gasteiger partial charge in [0.15, 0.2) is 0 Å². The van der Waals surface area contributed by atoms with Gasteiger partial charge in [0.1, 0.15) is 5.92 Å². The molecule has 0 radical (unpaired) electrons. The monoisotopic (exact) mass is 301 g/mol. The number of aromatic nitrogens is 2. The number of amides is 1. The van der Waals surface area contributed by atoms with Crippen LogP contribution in [-0.2, 0) is 4.79 Å². The number of anilines is 1. The zero-order valence-electron chi connectivity index (χ0n) is 12.7. The third kappa shape index (κ3) is 2.19. The molecule has 2 heterocycles. The zero-order valence-corrected chi connectivity index (χ0v) is 12.7. The van der Waals surface area contributed by atoms with E-state index in [4.69, 9.17) is 0 Å². The Hall–Kier alpha value is -3.01. The Bertz CT molecular complexity index is 859. The summed E-state index contributed by atoms with van der Waals surface area (Å²) in [6, 6.07) is 21.5. The molecule has 4 rings (SSSR count). The van der Waals surface area contributed by atoms with Gasteiger partial charge in [-0.1, -0.05) is 48.5 Å². The van der Waals surface area contributed by atoms with E-state index >= 15 is 0 Å². The highest BCUT2D eigenvalue weighted by molar-refractivity contribution is 6.06. The van der Waals surface area contributed by atoms with Gasteiger partial charge in [-0.15, -0.1) is 0 Å². The molecule has 0 fully saturated rings. The average molecular weight is 301 g/mol. The minimum atomic E-state index is -0.367. The van der Waals surface area contributed by atoms with Crippen molar-refractivity contribution in [2.75, 3.05) is 11.9 Å². The minimum absolute atomic E-state index is 0.0351. The summed E-state index contributed by atoms with van der Waals surface area (Å²) >= 11 is 0. The lowest BCUT2D eigenvalue weighted by molar-refractivity contribution is -0.118. The molecule has 1 amide bonds. The lowest BCUT2D eigenvalue weighted by atomic mass is 9.97. The predicted molar refractivity (Wildman–Crippen MR) is 89.2 cm³/mol. The van der Waals surface area contributed by atoms with Crippen LogP contribution in [0.3, 0.4) is 0 Å². The minimum Gasteiger partial charge on any atom is -0.314 e. The number of hydrogen-bond donors (Lipinski definition) is 0. The maximum Gasteiger partial charge on any atom is 0.240 e. The van der Waals surface area contributed by atoms with Crippen LogP contribution >= 0.6 is 0 Å². The van der Waals surface area contributed by atoms with Crippen molar-refractivity contribution in [2.45, 2.75) is 5.92 Å². The molecule has 1 atom stereocenters. The van der Waals surface area contributed by atoms with Gasteiger partial charge >= 0.3 is 0 Å². The fourth-order valence-corrected chi connectivity index (χ4v) is 3.03. The lowest BCUT2D eigenvalue weighted by Gasteiger charge is -2.10. The molecule has 2 aromatic carbocycles. The van der Waals surface area contributed by atoms with Gasteiger partial charge in [0.05, 0.1) is 11.4 Å². The first-order valence-electron chi connectivity index (χ1n) is 7.51. The molecule has 0 saturated heterocycles. The Balaban J connectivity index is 1.73. The molecular weight excluding hydrogens is 286 g/mol. The van der Waals surface area contributed by atoms with Crippen LogP contribution in [0.25, 0.3) is 11.3 Å². The summed E-state index contributed by atoms with van der Waals surface area (Å²) in [5.74, 6) is -0.332. The number of para-hydroxylation sites is 1. The van der Waals surface area contributed by atoms with Gasteiger partial charge in [-0.25, -0.2) is 0 Å². The number of rotatable bonds is 2. The summed E-state index contributed by atoms with van der Waals surface area (Å²) in [5, 5.41) is 8.63. The first-order valence-corrected chi connectivity index (χ1v) is 7.51. The van der Waals surface area contributed by atoms with Crippen LogP contribution in [0, 0.1) is 0 Å². The second kappa shape index (κ2) is 5.32. The van der Waals surface area contributed by atoms with Gasteiger partial charge in [-0.3, -0.25) is 4.79 Å². The Labute approximate surface area is 134 Å². The maximum absolute atomic E-state index is 12.6. The van der Waals surface area contributed by atoms with E-state index in [0.29, 0.717) is 5.69 Å². The van der Waals surface area contributed by atoms with Gasteiger partial charge in [-0.05, 0) is 23.8 Å². The Morgan fingerprint density at radius 2 is 1.61 bits per heavy atom. The number of carbonyl (C=O) groups excluding carboxylic acids is 1. The molecule has 23 heavy (non-hydrogen) atoms. The average Bonchev–Trinajstić information content (AvgIpc) is 2.87. The smallest absolute Gasteiger partial charge is 0.240 e. The van der Waals surface area contributed by atoms with Gasteiger partial charge in [0.2, 0.25) is 5.91 Å². The first kappa shape index (κ1) is 13.6. The molecule has 3 aromatic rings. The molecule has 1 aliphatic rings. The molecule has 1 aliphatic heterocycles. The zero-order chi connectivity index (χ0) is 15.8. The summed E-state index contributed by atoms with van der Waals surface area (Å²) in [6.07, 6.45) is 0. The molecule has 1 unspecified atom stereocenters. The number of nitrogens with zero attached hydrogens (tertiary/aromatic N) is 3. The Kier molecular flexibility index (Phi) is 3.15. The Morgan fingerprint density at radius 1 is 0.870 bits per heavy atom. The topological polar surface area (TPSA) is 46.1 Å². The quantitative estimate of drug-likeness (QED) is 0.730. The van der Waals surface area contributed by atoms with Gasteiger partial charge < -0.3 is 4.90 Å². The van der Waals surface area contributed by atoms with Crippen LogP contribution < -0.4 is 4.90 Å². The molecule has 0 N–H and O–H groups in total. The van der Waals surface area contributed by atoms with Crippen molar-refractivity contribution in [3.05, 3.63) is 78.0 Å². The fourth-order valence-electron chi connectivity index (χ4n) is 3.03. The molecule has 0 saturated carbocycles.